The van der Waals surface area contributed by atoms with Crippen molar-refractivity contribution in [2.24, 2.45) is 0 Å². The van der Waals surface area contributed by atoms with Crippen molar-refractivity contribution in [1.29, 1.82) is 0 Å². The Labute approximate surface area is 173 Å². The zero-order chi connectivity index (χ0) is 20.8. The van der Waals surface area contributed by atoms with E-state index in [9.17, 15) is 9.90 Å². The fourth-order valence-corrected chi connectivity index (χ4v) is 3.84. The summed E-state index contributed by atoms with van der Waals surface area (Å²) < 4.78 is 0. The van der Waals surface area contributed by atoms with Gasteiger partial charge in [-0.15, -0.1) is 0 Å². The van der Waals surface area contributed by atoms with Crippen molar-refractivity contribution in [3.05, 3.63) is 78.4 Å². The van der Waals surface area contributed by atoms with Crippen LogP contribution in [0.2, 0.25) is 0 Å². The molecule has 1 amide bonds. The van der Waals surface area contributed by atoms with E-state index in [0.29, 0.717) is 12.8 Å². The molecule has 0 aliphatic carbocycles. The monoisotopic (exact) mass is 393 g/mol. The van der Waals surface area contributed by atoms with Crippen molar-refractivity contribution in [1.82, 2.24) is 10.3 Å². The summed E-state index contributed by atoms with van der Waals surface area (Å²) in [5.74, 6) is -0.0400. The number of rotatable bonds is 7. The Balaban J connectivity index is 1.86. The highest BCUT2D eigenvalue weighted by Gasteiger charge is 2.38. The van der Waals surface area contributed by atoms with Gasteiger partial charge >= 0.3 is 0 Å². The van der Waals surface area contributed by atoms with Crippen LogP contribution in [-0.2, 0) is 4.79 Å². The van der Waals surface area contributed by atoms with Gasteiger partial charge in [-0.1, -0.05) is 67.6 Å². The lowest BCUT2D eigenvalue weighted by atomic mass is 9.98. The minimum absolute atomic E-state index is 0.0400. The van der Waals surface area contributed by atoms with E-state index in [1.165, 1.54) is 0 Å². The van der Waals surface area contributed by atoms with Gasteiger partial charge in [0.2, 0.25) is 5.91 Å². The van der Waals surface area contributed by atoms with Gasteiger partial charge in [-0.05, 0) is 37.5 Å². The number of amides is 1. The molecule has 5 heteroatoms. The maximum Gasteiger partial charge on any atom is 0.240 e. The molecular formula is C24H31N3O2. The summed E-state index contributed by atoms with van der Waals surface area (Å²) in [7, 11) is 1.95. The SMILES string of the molecule is CC[C@H](O)[C@@H]1C=CC[C@H](C(=O)N[C@H](C)c2ccccc2)N1N(C)c1ccccc1. The summed E-state index contributed by atoms with van der Waals surface area (Å²) in [4.78, 5) is 13.3. The van der Waals surface area contributed by atoms with Crippen LogP contribution >= 0.6 is 0 Å². The number of carbonyl (C=O) groups is 1. The first-order valence-corrected chi connectivity index (χ1v) is 10.3. The van der Waals surface area contributed by atoms with Crippen LogP contribution in [0.1, 0.15) is 38.3 Å². The molecule has 1 heterocycles. The average Bonchev–Trinajstić information content (AvgIpc) is 2.78. The maximum atomic E-state index is 13.3. The highest BCUT2D eigenvalue weighted by Crippen LogP contribution is 2.27. The number of benzene rings is 2. The molecule has 5 nitrogen and oxygen atoms in total. The van der Waals surface area contributed by atoms with E-state index in [-0.39, 0.29) is 18.0 Å². The molecule has 0 saturated carbocycles. The fourth-order valence-electron chi connectivity index (χ4n) is 3.84. The van der Waals surface area contributed by atoms with Gasteiger partial charge in [0.05, 0.1) is 23.9 Å². The summed E-state index contributed by atoms with van der Waals surface area (Å²) in [6, 6.07) is 19.1. The number of hydrogen-bond donors (Lipinski definition) is 2. The van der Waals surface area contributed by atoms with E-state index in [2.05, 4.69) is 5.32 Å². The molecule has 29 heavy (non-hydrogen) atoms. The highest BCUT2D eigenvalue weighted by molar-refractivity contribution is 5.83. The zero-order valence-corrected chi connectivity index (χ0v) is 17.4. The van der Waals surface area contributed by atoms with Gasteiger partial charge in [-0.25, -0.2) is 0 Å². The second-order valence-corrected chi connectivity index (χ2v) is 7.53. The molecule has 4 atom stereocenters. The van der Waals surface area contributed by atoms with Gasteiger partial charge in [0, 0.05) is 7.05 Å². The molecule has 0 saturated heterocycles. The van der Waals surface area contributed by atoms with E-state index >= 15 is 0 Å². The molecule has 0 radical (unpaired) electrons. The van der Waals surface area contributed by atoms with Gasteiger partial charge in [0.25, 0.3) is 0 Å². The first-order chi connectivity index (χ1) is 14.0. The summed E-state index contributed by atoms with van der Waals surface area (Å²) in [6.45, 7) is 3.95. The molecule has 0 aromatic heterocycles. The largest absolute Gasteiger partial charge is 0.391 e. The molecule has 2 aromatic rings. The Kier molecular flexibility index (Phi) is 7.07. The van der Waals surface area contributed by atoms with Crippen molar-refractivity contribution < 1.29 is 9.90 Å². The van der Waals surface area contributed by atoms with Crippen LogP contribution in [0.15, 0.2) is 72.8 Å². The zero-order valence-electron chi connectivity index (χ0n) is 17.4. The van der Waals surface area contributed by atoms with Gasteiger partial charge in [0.1, 0.15) is 6.04 Å². The van der Waals surface area contributed by atoms with Crippen LogP contribution in [0.3, 0.4) is 0 Å². The molecule has 0 bridgehead atoms. The van der Waals surface area contributed by atoms with E-state index in [1.54, 1.807) is 0 Å². The number of anilines is 1. The quantitative estimate of drug-likeness (QED) is 0.705. The van der Waals surface area contributed by atoms with E-state index < -0.39 is 12.1 Å². The molecule has 154 valence electrons. The standard InChI is InChI=1S/C24H31N3O2/c1-4-23(28)21-16-11-17-22(27(21)26(3)20-14-9-6-10-15-20)24(29)25-18(2)19-12-7-5-8-13-19/h5-16,18,21-23,28H,4,17H2,1-3H3,(H,25,29)/t18-,21+,22-,23+/m1/s1. The predicted octanol–water partition coefficient (Wildman–Crippen LogP) is 3.69. The topological polar surface area (TPSA) is 55.8 Å². The minimum Gasteiger partial charge on any atom is -0.391 e. The van der Waals surface area contributed by atoms with Crippen LogP contribution in [0.4, 0.5) is 5.69 Å². The Morgan fingerprint density at radius 3 is 2.41 bits per heavy atom. The Morgan fingerprint density at radius 1 is 1.17 bits per heavy atom. The molecule has 0 spiro atoms. The molecule has 2 aromatic carbocycles. The van der Waals surface area contributed by atoms with Crippen molar-refractivity contribution >= 4 is 11.6 Å². The molecule has 0 fully saturated rings. The Bertz CT molecular complexity index is 809. The third-order valence-electron chi connectivity index (χ3n) is 5.57. The number of nitrogens with zero attached hydrogens (tertiary/aromatic N) is 2. The number of hydrazine groups is 1. The van der Waals surface area contributed by atoms with E-state index in [0.717, 1.165) is 11.3 Å². The Morgan fingerprint density at radius 2 is 1.79 bits per heavy atom. The van der Waals surface area contributed by atoms with Crippen molar-refractivity contribution in [2.45, 2.75) is 50.9 Å². The number of aliphatic hydroxyl groups is 1. The molecule has 3 rings (SSSR count). The van der Waals surface area contributed by atoms with Gasteiger partial charge in [-0.3, -0.25) is 4.79 Å². The van der Waals surface area contributed by atoms with Crippen LogP contribution < -0.4 is 10.3 Å². The first-order valence-electron chi connectivity index (χ1n) is 10.3. The first kappa shape index (κ1) is 21.1. The minimum atomic E-state index is -0.556. The van der Waals surface area contributed by atoms with Gasteiger partial charge in [0.15, 0.2) is 0 Å². The molecule has 1 aliphatic heterocycles. The second-order valence-electron chi connectivity index (χ2n) is 7.53. The fraction of sp³-hybridized carbons (Fsp3) is 0.375. The van der Waals surface area contributed by atoms with Crippen LogP contribution in [0.5, 0.6) is 0 Å². The normalized spacial score (nSPS) is 21.4. The van der Waals surface area contributed by atoms with Crippen molar-refractivity contribution in [2.75, 3.05) is 12.1 Å². The summed E-state index contributed by atoms with van der Waals surface area (Å²) in [5.41, 5.74) is 2.05. The van der Waals surface area contributed by atoms with Crippen LogP contribution in [0.25, 0.3) is 0 Å². The number of carbonyl (C=O) groups excluding carboxylic acids is 1. The lowest BCUT2D eigenvalue weighted by molar-refractivity contribution is -0.129. The van der Waals surface area contributed by atoms with Gasteiger partial charge < -0.3 is 15.4 Å². The molecule has 2 N–H and O–H groups in total. The van der Waals surface area contributed by atoms with Gasteiger partial charge in [-0.2, -0.15) is 5.01 Å². The number of para-hydroxylation sites is 1. The van der Waals surface area contributed by atoms with Crippen LogP contribution in [-0.4, -0.2) is 41.3 Å². The van der Waals surface area contributed by atoms with E-state index in [1.807, 2.05) is 104 Å². The summed E-state index contributed by atoms with van der Waals surface area (Å²) in [6.07, 6.45) is 4.67. The second kappa shape index (κ2) is 9.72. The highest BCUT2D eigenvalue weighted by atomic mass is 16.3. The number of hydrogen-bond acceptors (Lipinski definition) is 4. The van der Waals surface area contributed by atoms with Crippen molar-refractivity contribution in [3.63, 3.8) is 0 Å². The number of nitrogens with one attached hydrogen (secondary N) is 1. The lowest BCUT2D eigenvalue weighted by Crippen LogP contribution is -2.61. The smallest absolute Gasteiger partial charge is 0.240 e. The molecule has 1 aliphatic rings. The van der Waals surface area contributed by atoms with Crippen molar-refractivity contribution in [3.8, 4) is 0 Å². The number of aliphatic hydroxyl groups excluding tert-OH is 1. The predicted molar refractivity (Wildman–Crippen MR) is 117 cm³/mol. The average molecular weight is 394 g/mol. The maximum absolute atomic E-state index is 13.3. The third-order valence-corrected chi connectivity index (χ3v) is 5.57. The van der Waals surface area contributed by atoms with E-state index in [4.69, 9.17) is 0 Å². The lowest BCUT2D eigenvalue weighted by Gasteiger charge is -2.46. The molecule has 0 unspecified atom stereocenters. The summed E-state index contributed by atoms with van der Waals surface area (Å²) in [5, 5.41) is 17.8. The Hall–Kier alpha value is -2.63. The summed E-state index contributed by atoms with van der Waals surface area (Å²) >= 11 is 0. The third kappa shape index (κ3) is 4.86. The van der Waals surface area contributed by atoms with Crippen LogP contribution in [0, 0.1) is 0 Å². The molecular weight excluding hydrogens is 362 g/mol.